The predicted molar refractivity (Wildman–Crippen MR) is 68.4 cm³/mol. The largest absolute Gasteiger partial charge is 0.441 e. The highest BCUT2D eigenvalue weighted by Gasteiger charge is 2.28. The van der Waals surface area contributed by atoms with E-state index < -0.39 is 0 Å². The lowest BCUT2D eigenvalue weighted by atomic mass is 10.2. The van der Waals surface area contributed by atoms with Crippen LogP contribution in [0.2, 0.25) is 0 Å². The average molecular weight is 295 g/mol. The number of nitrogens with zero attached hydrogens (tertiary/aromatic N) is 2. The van der Waals surface area contributed by atoms with Crippen LogP contribution in [0.25, 0.3) is 11.1 Å². The maximum Gasteiger partial charge on any atom is 0.228 e. The van der Waals surface area contributed by atoms with Gasteiger partial charge in [-0.05, 0) is 18.2 Å². The van der Waals surface area contributed by atoms with E-state index in [9.17, 15) is 4.79 Å². The van der Waals surface area contributed by atoms with Crippen molar-refractivity contribution < 1.29 is 9.21 Å². The maximum absolute atomic E-state index is 11.8. The Balaban J connectivity index is 2.03. The monoisotopic (exact) mass is 294 g/mol. The first-order valence-electron chi connectivity index (χ1n) is 5.45. The van der Waals surface area contributed by atoms with Gasteiger partial charge in [0.15, 0.2) is 11.5 Å². The fraction of sp³-hybridized carbons (Fsp3) is 0.333. The maximum atomic E-state index is 11.8. The molecular weight excluding hydrogens is 284 g/mol. The Kier molecular flexibility index (Phi) is 2.43. The van der Waals surface area contributed by atoms with E-state index in [4.69, 9.17) is 4.42 Å². The fourth-order valence-electron chi connectivity index (χ4n) is 2.11. The summed E-state index contributed by atoms with van der Waals surface area (Å²) < 4.78 is 5.41. The molecule has 1 unspecified atom stereocenters. The van der Waals surface area contributed by atoms with Gasteiger partial charge in [0.2, 0.25) is 5.91 Å². The number of carbonyl (C=O) groups excluding carboxylic acids is 1. The van der Waals surface area contributed by atoms with Crippen LogP contribution >= 0.6 is 15.9 Å². The van der Waals surface area contributed by atoms with Crippen LogP contribution in [0.5, 0.6) is 0 Å². The number of hydrogen-bond acceptors (Lipinski definition) is 3. The Hall–Kier alpha value is -1.36. The minimum Gasteiger partial charge on any atom is -0.441 e. The van der Waals surface area contributed by atoms with Crippen LogP contribution in [0.3, 0.4) is 0 Å². The van der Waals surface area contributed by atoms with E-state index in [1.807, 2.05) is 25.1 Å². The molecule has 1 aliphatic heterocycles. The molecule has 4 nitrogen and oxygen atoms in total. The minimum atomic E-state index is 0.145. The van der Waals surface area contributed by atoms with Gasteiger partial charge in [-0.1, -0.05) is 15.9 Å². The lowest BCUT2D eigenvalue weighted by Gasteiger charge is -2.15. The van der Waals surface area contributed by atoms with E-state index >= 15 is 0 Å². The molecule has 2 heterocycles. The minimum absolute atomic E-state index is 0.145. The summed E-state index contributed by atoms with van der Waals surface area (Å²) in [5.41, 5.74) is 2.44. The number of halogens is 1. The molecule has 1 aromatic heterocycles. The van der Waals surface area contributed by atoms with Gasteiger partial charge in [-0.15, -0.1) is 0 Å². The molecule has 0 bridgehead atoms. The Morgan fingerprint density at radius 1 is 1.53 bits per heavy atom. The van der Waals surface area contributed by atoms with Gasteiger partial charge in [0.1, 0.15) is 5.52 Å². The van der Waals surface area contributed by atoms with E-state index in [-0.39, 0.29) is 10.7 Å². The standard InChI is InChI=1S/C12H11BrN2O2/c1-7-14-10-5-9(2-3-11(10)17-7)15-6-8(13)4-12(15)16/h2-3,5,8H,4,6H2,1H3. The summed E-state index contributed by atoms with van der Waals surface area (Å²) in [7, 11) is 0. The number of rotatable bonds is 1. The van der Waals surface area contributed by atoms with Crippen molar-refractivity contribution in [1.29, 1.82) is 0 Å². The molecule has 88 valence electrons. The Labute approximate surface area is 107 Å². The summed E-state index contributed by atoms with van der Waals surface area (Å²) in [6.07, 6.45) is 0.551. The average Bonchev–Trinajstić information content (AvgIpc) is 2.78. The molecule has 1 saturated heterocycles. The summed E-state index contributed by atoms with van der Waals surface area (Å²) in [6.45, 7) is 2.52. The molecule has 1 amide bonds. The van der Waals surface area contributed by atoms with Crippen LogP contribution in [0.15, 0.2) is 22.6 Å². The molecule has 1 aliphatic rings. The molecular formula is C12H11BrN2O2. The zero-order chi connectivity index (χ0) is 12.0. The third kappa shape index (κ3) is 1.84. The molecule has 17 heavy (non-hydrogen) atoms. The molecule has 3 rings (SSSR count). The molecule has 2 aromatic rings. The van der Waals surface area contributed by atoms with Crippen molar-refractivity contribution >= 4 is 38.6 Å². The van der Waals surface area contributed by atoms with Crippen molar-refractivity contribution in [3.05, 3.63) is 24.1 Å². The second-order valence-electron chi connectivity index (χ2n) is 4.19. The number of anilines is 1. The Bertz CT molecular complexity index is 593. The third-order valence-electron chi connectivity index (χ3n) is 2.87. The lowest BCUT2D eigenvalue weighted by molar-refractivity contribution is -0.117. The third-order valence-corrected chi connectivity index (χ3v) is 3.48. The van der Waals surface area contributed by atoms with Crippen molar-refractivity contribution in [2.75, 3.05) is 11.4 Å². The van der Waals surface area contributed by atoms with Crippen LogP contribution in [-0.4, -0.2) is 22.3 Å². The lowest BCUT2D eigenvalue weighted by Crippen LogP contribution is -2.24. The van der Waals surface area contributed by atoms with Crippen molar-refractivity contribution in [2.24, 2.45) is 0 Å². The molecule has 0 N–H and O–H groups in total. The summed E-state index contributed by atoms with van der Waals surface area (Å²) in [5.74, 6) is 0.787. The van der Waals surface area contributed by atoms with Crippen LogP contribution in [0.4, 0.5) is 5.69 Å². The first-order chi connectivity index (χ1) is 8.13. The summed E-state index contributed by atoms with van der Waals surface area (Å²) in [6, 6.07) is 5.66. The highest BCUT2D eigenvalue weighted by atomic mass is 79.9. The van der Waals surface area contributed by atoms with E-state index in [0.717, 1.165) is 16.8 Å². The van der Waals surface area contributed by atoms with Crippen molar-refractivity contribution in [3.8, 4) is 0 Å². The highest BCUT2D eigenvalue weighted by molar-refractivity contribution is 9.09. The van der Waals surface area contributed by atoms with Gasteiger partial charge in [0, 0.05) is 30.4 Å². The number of hydrogen-bond donors (Lipinski definition) is 0. The van der Waals surface area contributed by atoms with E-state index in [2.05, 4.69) is 20.9 Å². The first-order valence-corrected chi connectivity index (χ1v) is 6.37. The van der Waals surface area contributed by atoms with Crippen molar-refractivity contribution in [2.45, 2.75) is 18.2 Å². The molecule has 1 fully saturated rings. The van der Waals surface area contributed by atoms with Gasteiger partial charge < -0.3 is 9.32 Å². The Morgan fingerprint density at radius 3 is 3.06 bits per heavy atom. The number of aryl methyl sites for hydroxylation is 1. The molecule has 1 atom stereocenters. The van der Waals surface area contributed by atoms with Gasteiger partial charge in [0.25, 0.3) is 0 Å². The predicted octanol–water partition coefficient (Wildman–Crippen LogP) is 2.64. The van der Waals surface area contributed by atoms with Gasteiger partial charge in [-0.25, -0.2) is 4.98 Å². The Morgan fingerprint density at radius 2 is 2.35 bits per heavy atom. The molecule has 5 heteroatoms. The van der Waals surface area contributed by atoms with Crippen LogP contribution in [-0.2, 0) is 4.79 Å². The summed E-state index contributed by atoms with van der Waals surface area (Å²) in [4.78, 5) is 18.1. The topological polar surface area (TPSA) is 46.3 Å². The second-order valence-corrected chi connectivity index (χ2v) is 5.49. The molecule has 0 saturated carbocycles. The van der Waals surface area contributed by atoms with Gasteiger partial charge in [0.05, 0.1) is 0 Å². The van der Waals surface area contributed by atoms with Gasteiger partial charge in [-0.2, -0.15) is 0 Å². The van der Waals surface area contributed by atoms with E-state index in [0.29, 0.717) is 18.9 Å². The van der Waals surface area contributed by atoms with Gasteiger partial charge in [-0.3, -0.25) is 4.79 Å². The van der Waals surface area contributed by atoms with Gasteiger partial charge >= 0.3 is 0 Å². The fourth-order valence-corrected chi connectivity index (χ4v) is 2.68. The van der Waals surface area contributed by atoms with Crippen LogP contribution < -0.4 is 4.90 Å². The molecule has 0 aliphatic carbocycles. The quantitative estimate of drug-likeness (QED) is 0.760. The SMILES string of the molecule is Cc1nc2cc(N3CC(Br)CC3=O)ccc2o1. The number of benzene rings is 1. The molecule has 0 radical (unpaired) electrons. The summed E-state index contributed by atoms with van der Waals surface area (Å²) in [5, 5.41) is 0. The number of aromatic nitrogens is 1. The molecule has 0 spiro atoms. The first kappa shape index (κ1) is 10.8. The van der Waals surface area contributed by atoms with Crippen LogP contribution in [0, 0.1) is 6.92 Å². The zero-order valence-corrected chi connectivity index (χ0v) is 10.9. The summed E-state index contributed by atoms with van der Waals surface area (Å²) >= 11 is 3.47. The number of carbonyl (C=O) groups is 1. The van der Waals surface area contributed by atoms with E-state index in [1.165, 1.54) is 0 Å². The molecule has 1 aromatic carbocycles. The van der Waals surface area contributed by atoms with E-state index in [1.54, 1.807) is 4.90 Å². The number of alkyl halides is 1. The normalized spacial score (nSPS) is 20.5. The number of oxazole rings is 1. The van der Waals surface area contributed by atoms with Crippen LogP contribution in [0.1, 0.15) is 12.3 Å². The number of fused-ring (bicyclic) bond motifs is 1. The zero-order valence-electron chi connectivity index (χ0n) is 9.31. The smallest absolute Gasteiger partial charge is 0.228 e. The highest BCUT2D eigenvalue weighted by Crippen LogP contribution is 2.28. The number of amides is 1. The van der Waals surface area contributed by atoms with Crippen molar-refractivity contribution in [3.63, 3.8) is 0 Å². The second kappa shape index (κ2) is 3.84. The van der Waals surface area contributed by atoms with Crippen molar-refractivity contribution in [1.82, 2.24) is 4.98 Å².